The summed E-state index contributed by atoms with van der Waals surface area (Å²) in [6.07, 6.45) is 1.87. The van der Waals surface area contributed by atoms with Crippen LogP contribution in [0.15, 0.2) is 39.6 Å². The number of rotatable bonds is 5. The number of nitrogens with zero attached hydrogens (tertiary/aromatic N) is 4. The van der Waals surface area contributed by atoms with Crippen LogP contribution in [0.1, 0.15) is 24.6 Å². The van der Waals surface area contributed by atoms with E-state index in [4.69, 9.17) is 4.42 Å². The van der Waals surface area contributed by atoms with Crippen molar-refractivity contribution in [1.29, 1.82) is 0 Å². The molecule has 1 amide bonds. The SMILES string of the molecule is Cc1nnc(CN2CCCC(C(=O)Nc3ccc(-c4cscn4)cc3)C2)o1. The van der Waals surface area contributed by atoms with Gasteiger partial charge in [0.1, 0.15) is 0 Å². The summed E-state index contributed by atoms with van der Waals surface area (Å²) in [5.74, 6) is 1.19. The number of hydrogen-bond acceptors (Lipinski definition) is 7. The maximum absolute atomic E-state index is 12.7. The standard InChI is InChI=1S/C19H21N5O2S/c1-13-22-23-18(26-13)10-24-8-2-3-15(9-24)19(25)21-16-6-4-14(5-7-16)17-11-27-12-20-17/h4-7,11-12,15H,2-3,8-10H2,1H3,(H,21,25). The molecule has 1 fully saturated rings. The van der Waals surface area contributed by atoms with Gasteiger partial charge in [-0.15, -0.1) is 21.5 Å². The molecule has 2 aromatic heterocycles. The van der Waals surface area contributed by atoms with E-state index in [1.807, 2.05) is 35.2 Å². The average Bonchev–Trinajstić information content (AvgIpc) is 3.35. The fraction of sp³-hybridized carbons (Fsp3) is 0.368. The van der Waals surface area contributed by atoms with Crippen LogP contribution in [0.5, 0.6) is 0 Å². The number of hydrogen-bond donors (Lipinski definition) is 1. The Morgan fingerprint density at radius 3 is 2.89 bits per heavy atom. The summed E-state index contributed by atoms with van der Waals surface area (Å²) in [5, 5.41) is 13.0. The fourth-order valence-corrected chi connectivity index (χ4v) is 3.89. The zero-order chi connectivity index (χ0) is 18.6. The summed E-state index contributed by atoms with van der Waals surface area (Å²) in [6, 6.07) is 7.81. The van der Waals surface area contributed by atoms with Crippen molar-refractivity contribution in [2.24, 2.45) is 5.92 Å². The number of thiazole rings is 1. The van der Waals surface area contributed by atoms with E-state index < -0.39 is 0 Å². The molecule has 0 aliphatic carbocycles. The second kappa shape index (κ2) is 7.98. The molecule has 0 bridgehead atoms. The number of anilines is 1. The molecule has 1 atom stereocenters. The predicted molar refractivity (Wildman–Crippen MR) is 103 cm³/mol. The van der Waals surface area contributed by atoms with Crippen LogP contribution < -0.4 is 5.32 Å². The van der Waals surface area contributed by atoms with Crippen LogP contribution in [-0.2, 0) is 11.3 Å². The van der Waals surface area contributed by atoms with Gasteiger partial charge in [0.05, 0.1) is 23.7 Å². The minimum Gasteiger partial charge on any atom is -0.424 e. The first-order chi connectivity index (χ1) is 13.2. The highest BCUT2D eigenvalue weighted by atomic mass is 32.1. The third-order valence-electron chi connectivity index (χ3n) is 4.68. The molecule has 0 spiro atoms. The van der Waals surface area contributed by atoms with Crippen molar-refractivity contribution in [3.05, 3.63) is 46.9 Å². The van der Waals surface area contributed by atoms with Crippen LogP contribution >= 0.6 is 11.3 Å². The van der Waals surface area contributed by atoms with E-state index >= 15 is 0 Å². The molecule has 140 valence electrons. The smallest absolute Gasteiger partial charge is 0.230 e. The minimum atomic E-state index is -0.0408. The van der Waals surface area contributed by atoms with E-state index in [0.717, 1.165) is 36.3 Å². The number of likely N-dealkylation sites (tertiary alicyclic amines) is 1. The molecule has 1 saturated heterocycles. The number of nitrogens with one attached hydrogen (secondary N) is 1. The number of carbonyl (C=O) groups is 1. The molecule has 1 aromatic carbocycles. The fourth-order valence-electron chi connectivity index (χ4n) is 3.33. The van der Waals surface area contributed by atoms with Crippen LogP contribution in [-0.4, -0.2) is 39.1 Å². The molecule has 27 heavy (non-hydrogen) atoms. The zero-order valence-electron chi connectivity index (χ0n) is 15.1. The van der Waals surface area contributed by atoms with E-state index in [1.54, 1.807) is 18.3 Å². The van der Waals surface area contributed by atoms with Gasteiger partial charge in [0.15, 0.2) is 0 Å². The van der Waals surface area contributed by atoms with Crippen molar-refractivity contribution in [3.63, 3.8) is 0 Å². The first-order valence-electron chi connectivity index (χ1n) is 8.98. The number of aryl methyl sites for hydroxylation is 1. The molecular weight excluding hydrogens is 362 g/mol. The van der Waals surface area contributed by atoms with Crippen LogP contribution in [0.25, 0.3) is 11.3 Å². The van der Waals surface area contributed by atoms with Crippen molar-refractivity contribution in [2.75, 3.05) is 18.4 Å². The monoisotopic (exact) mass is 383 g/mol. The lowest BCUT2D eigenvalue weighted by Crippen LogP contribution is -2.40. The van der Waals surface area contributed by atoms with Gasteiger partial charge in [0.25, 0.3) is 0 Å². The molecule has 3 aromatic rings. The molecule has 0 saturated carbocycles. The molecular formula is C19H21N5O2S. The first kappa shape index (κ1) is 17.8. The summed E-state index contributed by atoms with van der Waals surface area (Å²) in [7, 11) is 0. The summed E-state index contributed by atoms with van der Waals surface area (Å²) < 4.78 is 5.45. The Hall–Kier alpha value is -2.58. The second-order valence-corrected chi connectivity index (χ2v) is 7.45. The summed E-state index contributed by atoms with van der Waals surface area (Å²) in [4.78, 5) is 19.2. The highest BCUT2D eigenvalue weighted by molar-refractivity contribution is 7.07. The molecule has 8 heteroatoms. The van der Waals surface area contributed by atoms with Crippen molar-refractivity contribution in [2.45, 2.75) is 26.3 Å². The normalized spacial score (nSPS) is 17.7. The summed E-state index contributed by atoms with van der Waals surface area (Å²) >= 11 is 1.57. The number of aromatic nitrogens is 3. The molecule has 4 rings (SSSR count). The Morgan fingerprint density at radius 1 is 1.33 bits per heavy atom. The third-order valence-corrected chi connectivity index (χ3v) is 5.27. The molecule has 1 N–H and O–H groups in total. The Kier molecular flexibility index (Phi) is 5.26. The summed E-state index contributed by atoms with van der Waals surface area (Å²) in [5.41, 5.74) is 4.63. The Balaban J connectivity index is 1.34. The molecule has 1 aliphatic heterocycles. The van der Waals surface area contributed by atoms with Gasteiger partial charge in [-0.3, -0.25) is 9.69 Å². The van der Waals surface area contributed by atoms with Gasteiger partial charge in [-0.1, -0.05) is 12.1 Å². The lowest BCUT2D eigenvalue weighted by atomic mass is 9.97. The minimum absolute atomic E-state index is 0.0408. The number of amides is 1. The van der Waals surface area contributed by atoms with Crippen LogP contribution in [0.3, 0.4) is 0 Å². The van der Waals surface area contributed by atoms with E-state index in [0.29, 0.717) is 24.9 Å². The van der Waals surface area contributed by atoms with E-state index in [2.05, 4.69) is 25.4 Å². The number of piperidine rings is 1. The number of benzene rings is 1. The van der Waals surface area contributed by atoms with Crippen LogP contribution in [0.2, 0.25) is 0 Å². The van der Waals surface area contributed by atoms with Gasteiger partial charge in [0, 0.05) is 30.1 Å². The van der Waals surface area contributed by atoms with Crippen LogP contribution in [0, 0.1) is 12.8 Å². The van der Waals surface area contributed by atoms with Gasteiger partial charge in [-0.05, 0) is 31.5 Å². The third kappa shape index (κ3) is 4.40. The number of carbonyl (C=O) groups excluding carboxylic acids is 1. The Morgan fingerprint density at radius 2 is 2.19 bits per heavy atom. The lowest BCUT2D eigenvalue weighted by molar-refractivity contribution is -0.121. The summed E-state index contributed by atoms with van der Waals surface area (Å²) in [6.45, 7) is 4.01. The lowest BCUT2D eigenvalue weighted by Gasteiger charge is -2.30. The van der Waals surface area contributed by atoms with Crippen LogP contribution in [0.4, 0.5) is 5.69 Å². The van der Waals surface area contributed by atoms with E-state index in [1.165, 1.54) is 0 Å². The van der Waals surface area contributed by atoms with E-state index in [9.17, 15) is 4.79 Å². The van der Waals surface area contributed by atoms with Gasteiger partial charge >= 0.3 is 0 Å². The Labute approximate surface area is 161 Å². The van der Waals surface area contributed by atoms with Gasteiger partial charge in [-0.25, -0.2) is 4.98 Å². The predicted octanol–water partition coefficient (Wildman–Crippen LogP) is 3.35. The van der Waals surface area contributed by atoms with Gasteiger partial charge in [-0.2, -0.15) is 0 Å². The molecule has 7 nitrogen and oxygen atoms in total. The molecule has 1 unspecified atom stereocenters. The van der Waals surface area contributed by atoms with Gasteiger partial charge in [0.2, 0.25) is 17.7 Å². The maximum Gasteiger partial charge on any atom is 0.230 e. The average molecular weight is 383 g/mol. The first-order valence-corrected chi connectivity index (χ1v) is 9.92. The highest BCUT2D eigenvalue weighted by Gasteiger charge is 2.26. The van der Waals surface area contributed by atoms with Crippen molar-refractivity contribution in [1.82, 2.24) is 20.1 Å². The molecule has 3 heterocycles. The molecule has 0 radical (unpaired) electrons. The maximum atomic E-state index is 12.7. The zero-order valence-corrected chi connectivity index (χ0v) is 15.9. The van der Waals surface area contributed by atoms with Crippen molar-refractivity contribution >= 4 is 22.9 Å². The Bertz CT molecular complexity index is 891. The highest BCUT2D eigenvalue weighted by Crippen LogP contribution is 2.23. The van der Waals surface area contributed by atoms with Crippen molar-refractivity contribution in [3.8, 4) is 11.3 Å². The molecule has 1 aliphatic rings. The van der Waals surface area contributed by atoms with Gasteiger partial charge < -0.3 is 9.73 Å². The van der Waals surface area contributed by atoms with E-state index in [-0.39, 0.29) is 11.8 Å². The second-order valence-electron chi connectivity index (χ2n) is 6.73. The largest absolute Gasteiger partial charge is 0.424 e. The quantitative estimate of drug-likeness (QED) is 0.727. The topological polar surface area (TPSA) is 84.2 Å². The van der Waals surface area contributed by atoms with Crippen molar-refractivity contribution < 1.29 is 9.21 Å².